The van der Waals surface area contributed by atoms with E-state index in [2.05, 4.69) is 0 Å². The summed E-state index contributed by atoms with van der Waals surface area (Å²) in [5, 5.41) is 47.3. The van der Waals surface area contributed by atoms with E-state index in [0.717, 1.165) is 19.8 Å². The monoisotopic (exact) mass is 608 g/mol. The molecule has 0 heterocycles. The molecule has 4 N–H and O–H groups in total. The number of ketones is 5. The van der Waals surface area contributed by atoms with Gasteiger partial charge in [-0.3, -0.25) is 24.0 Å². The third-order valence-electron chi connectivity index (χ3n) is 10.7. The number of carbonyl (C=O) groups is 5. The Morgan fingerprint density at radius 2 is 1.64 bits per heavy atom. The summed E-state index contributed by atoms with van der Waals surface area (Å²) in [4.78, 5) is 67.1. The van der Waals surface area contributed by atoms with Crippen molar-refractivity contribution in [3.8, 4) is 5.75 Å². The fourth-order valence-corrected chi connectivity index (χ4v) is 8.99. The van der Waals surface area contributed by atoms with Crippen molar-refractivity contribution in [1.29, 1.82) is 0 Å². The zero-order valence-corrected chi connectivity index (χ0v) is 26.6. The average Bonchev–Trinajstić information content (AvgIpc) is 2.90. The third kappa shape index (κ3) is 4.41. The highest BCUT2D eigenvalue weighted by Gasteiger charge is 2.76. The first-order valence-corrected chi connectivity index (χ1v) is 15.5. The normalized spacial score (nSPS) is 31.5. The molecule has 4 rings (SSSR count). The summed E-state index contributed by atoms with van der Waals surface area (Å²) in [6.45, 7) is 11.1. The van der Waals surface area contributed by atoms with Crippen LogP contribution in [0.1, 0.15) is 109 Å². The first-order valence-electron chi connectivity index (χ1n) is 15.5. The summed E-state index contributed by atoms with van der Waals surface area (Å²) in [7, 11) is 0. The van der Waals surface area contributed by atoms with E-state index >= 15 is 0 Å². The van der Waals surface area contributed by atoms with Gasteiger partial charge in [-0.15, -0.1) is 0 Å². The van der Waals surface area contributed by atoms with Crippen molar-refractivity contribution in [1.82, 2.24) is 0 Å². The number of aromatic hydroxyl groups is 1. The Bertz CT molecular complexity index is 1510. The van der Waals surface area contributed by atoms with Crippen LogP contribution >= 0.6 is 0 Å². The summed E-state index contributed by atoms with van der Waals surface area (Å²) in [6, 6.07) is 4.71. The molecule has 0 spiro atoms. The molecule has 0 bridgehead atoms. The first-order chi connectivity index (χ1) is 20.4. The van der Waals surface area contributed by atoms with Crippen LogP contribution in [0.25, 0.3) is 0 Å². The van der Waals surface area contributed by atoms with Crippen LogP contribution in [0.4, 0.5) is 0 Å². The number of benzene rings is 1. The van der Waals surface area contributed by atoms with Crippen LogP contribution < -0.4 is 0 Å². The first kappa shape index (κ1) is 33.3. The highest BCUT2D eigenvalue weighted by molar-refractivity contribution is 6.25. The topological polar surface area (TPSA) is 166 Å². The van der Waals surface area contributed by atoms with Crippen LogP contribution in [-0.2, 0) is 19.2 Å². The number of aliphatic hydroxyl groups excluding tert-OH is 2. The molecule has 3 aliphatic carbocycles. The van der Waals surface area contributed by atoms with E-state index in [0.29, 0.717) is 18.4 Å². The molecule has 9 nitrogen and oxygen atoms in total. The Kier molecular flexibility index (Phi) is 8.63. The van der Waals surface area contributed by atoms with Crippen molar-refractivity contribution in [2.75, 3.05) is 0 Å². The van der Waals surface area contributed by atoms with Gasteiger partial charge in [-0.05, 0) is 49.7 Å². The van der Waals surface area contributed by atoms with Gasteiger partial charge in [0, 0.05) is 28.7 Å². The number of hydrogen-bond donors (Lipinski definition) is 4. The number of allylic oxidation sites excluding steroid dienone is 2. The lowest BCUT2D eigenvalue weighted by atomic mass is 9.37. The Hall–Kier alpha value is -3.59. The SMILES string of the molecule is CCCCCC1c2cccc(O)c2C(=O)C2=C(O)[C@@]3(O)C(=O)C(C(C)=O)=C(O)C(C(C)C)[C@@]3(C)[C@H](CC(=O)CC(C)=O)[C@]21C. The number of unbranched alkanes of at least 4 members (excludes halogenated alkanes) is 2. The van der Waals surface area contributed by atoms with Crippen molar-refractivity contribution < 1.29 is 44.4 Å². The molecular weight excluding hydrogens is 564 g/mol. The molecule has 0 aromatic heterocycles. The predicted molar refractivity (Wildman–Crippen MR) is 162 cm³/mol. The lowest BCUT2D eigenvalue weighted by molar-refractivity contribution is -0.194. The van der Waals surface area contributed by atoms with Crippen molar-refractivity contribution in [3.63, 3.8) is 0 Å². The smallest absolute Gasteiger partial charge is 0.209 e. The maximum atomic E-state index is 14.4. The molecule has 1 aromatic rings. The van der Waals surface area contributed by atoms with Crippen molar-refractivity contribution in [2.45, 2.75) is 98.5 Å². The minimum Gasteiger partial charge on any atom is -0.511 e. The average molecular weight is 609 g/mol. The lowest BCUT2D eigenvalue weighted by Crippen LogP contribution is -2.72. The number of Topliss-reactive ketones (excluding diaryl/α,β-unsaturated/α-hetero) is 5. The number of rotatable bonds is 10. The molecule has 0 radical (unpaired) electrons. The minimum atomic E-state index is -2.88. The maximum absolute atomic E-state index is 14.4. The summed E-state index contributed by atoms with van der Waals surface area (Å²) >= 11 is 0. The Morgan fingerprint density at radius 1 is 1.00 bits per heavy atom. The molecule has 3 aliphatic rings. The molecule has 0 aliphatic heterocycles. The third-order valence-corrected chi connectivity index (χ3v) is 10.7. The lowest BCUT2D eigenvalue weighted by Gasteiger charge is -2.65. The van der Waals surface area contributed by atoms with Gasteiger partial charge in [0.1, 0.15) is 34.4 Å². The van der Waals surface area contributed by atoms with Gasteiger partial charge in [0.2, 0.25) is 5.78 Å². The molecule has 2 unspecified atom stereocenters. The molecule has 0 saturated heterocycles. The molecule has 1 aromatic carbocycles. The zero-order chi connectivity index (χ0) is 33.1. The Morgan fingerprint density at radius 3 is 2.18 bits per heavy atom. The van der Waals surface area contributed by atoms with Gasteiger partial charge < -0.3 is 20.4 Å². The molecule has 0 amide bonds. The molecule has 0 saturated carbocycles. The predicted octanol–water partition coefficient (Wildman–Crippen LogP) is 5.63. The molecule has 6 atom stereocenters. The number of aliphatic hydroxyl groups is 3. The van der Waals surface area contributed by atoms with Crippen LogP contribution in [0.2, 0.25) is 0 Å². The summed E-state index contributed by atoms with van der Waals surface area (Å²) in [5.74, 6) is -8.76. The van der Waals surface area contributed by atoms with E-state index in [9.17, 15) is 44.4 Å². The van der Waals surface area contributed by atoms with Gasteiger partial charge in [-0.25, -0.2) is 0 Å². The number of hydrogen-bond acceptors (Lipinski definition) is 9. The van der Waals surface area contributed by atoms with Gasteiger partial charge in [0.15, 0.2) is 17.2 Å². The van der Waals surface area contributed by atoms with Gasteiger partial charge in [0.05, 0.1) is 12.0 Å². The van der Waals surface area contributed by atoms with E-state index in [1.54, 1.807) is 32.9 Å². The molecule has 238 valence electrons. The van der Waals surface area contributed by atoms with Crippen molar-refractivity contribution in [2.24, 2.45) is 28.6 Å². The van der Waals surface area contributed by atoms with E-state index in [1.165, 1.54) is 19.9 Å². The number of phenols is 1. The Labute approximate surface area is 258 Å². The number of fused-ring (bicyclic) bond motifs is 3. The number of carbonyl (C=O) groups excluding carboxylic acids is 5. The fraction of sp³-hybridized carbons (Fsp3) is 0.571. The number of phenolic OH excluding ortho intramolecular Hbond substituents is 1. The van der Waals surface area contributed by atoms with Crippen LogP contribution in [-0.4, -0.2) is 54.9 Å². The van der Waals surface area contributed by atoms with Crippen LogP contribution in [0.3, 0.4) is 0 Å². The molecule has 0 fully saturated rings. The molecule has 9 heteroatoms. The van der Waals surface area contributed by atoms with Crippen LogP contribution in [0.5, 0.6) is 5.75 Å². The largest absolute Gasteiger partial charge is 0.511 e. The van der Waals surface area contributed by atoms with Crippen molar-refractivity contribution in [3.05, 3.63) is 52.0 Å². The summed E-state index contributed by atoms with van der Waals surface area (Å²) < 4.78 is 0. The van der Waals surface area contributed by atoms with Gasteiger partial charge >= 0.3 is 0 Å². The summed E-state index contributed by atoms with van der Waals surface area (Å²) in [5.41, 5.74) is -6.58. The van der Waals surface area contributed by atoms with Gasteiger partial charge in [-0.2, -0.15) is 0 Å². The van der Waals surface area contributed by atoms with Gasteiger partial charge in [-0.1, -0.05) is 66.0 Å². The quantitative estimate of drug-likeness (QED) is 0.149. The molecule has 44 heavy (non-hydrogen) atoms. The van der Waals surface area contributed by atoms with E-state index in [-0.39, 0.29) is 29.1 Å². The van der Waals surface area contributed by atoms with Crippen LogP contribution in [0.15, 0.2) is 40.9 Å². The highest BCUT2D eigenvalue weighted by Crippen LogP contribution is 2.71. The highest BCUT2D eigenvalue weighted by atomic mass is 16.4. The second-order valence-corrected chi connectivity index (χ2v) is 13.7. The Balaban J connectivity index is 2.21. The van der Waals surface area contributed by atoms with Crippen LogP contribution in [0, 0.1) is 28.6 Å². The maximum Gasteiger partial charge on any atom is 0.209 e. The zero-order valence-electron chi connectivity index (χ0n) is 26.6. The van der Waals surface area contributed by atoms with E-state index in [1.807, 2.05) is 6.92 Å². The van der Waals surface area contributed by atoms with Gasteiger partial charge in [0.25, 0.3) is 0 Å². The van der Waals surface area contributed by atoms with E-state index in [4.69, 9.17) is 0 Å². The molecular formula is C35H44O9. The second kappa shape index (κ2) is 11.4. The standard InChI is InChI=1S/C35H44O9/c1-8-9-10-13-22-21-12-11-14-23(39)26(21)30(41)28-32(43)35(44)31(42)25(19(5)37)29(40)27(17(2)3)34(35,7)24(33(22,28)6)16-20(38)15-18(4)36/h11-12,14,17,22,24,27,39-40,43-44H,8-10,13,15-16H2,1-7H3/t22?,24-,27?,33-,34-,35+/m1/s1. The minimum absolute atomic E-state index is 0.0529. The van der Waals surface area contributed by atoms with Crippen molar-refractivity contribution >= 4 is 28.9 Å². The second-order valence-electron chi connectivity index (χ2n) is 13.7. The summed E-state index contributed by atoms with van der Waals surface area (Å²) in [6.07, 6.45) is 2.15. The fourth-order valence-electron chi connectivity index (χ4n) is 8.99. The van der Waals surface area contributed by atoms with E-state index < -0.39 is 86.7 Å².